The molecule has 2 rings (SSSR count). The predicted octanol–water partition coefficient (Wildman–Crippen LogP) is 0.791. The minimum Gasteiger partial charge on any atom is -0.285 e. The molecule has 0 unspecified atom stereocenters. The minimum absolute atomic E-state index is 0.0342. The topological polar surface area (TPSA) is 37.4 Å². The van der Waals surface area contributed by atoms with E-state index < -0.39 is 0 Å². The van der Waals surface area contributed by atoms with Crippen molar-refractivity contribution in [2.24, 2.45) is 11.8 Å². The van der Waals surface area contributed by atoms with Crippen LogP contribution in [0.2, 0.25) is 0 Å². The zero-order valence-corrected chi connectivity index (χ0v) is 7.25. The monoisotopic (exact) mass is 167 g/mol. The second kappa shape index (κ2) is 2.57. The number of rotatable bonds is 2. The summed E-state index contributed by atoms with van der Waals surface area (Å²) in [7, 11) is 1.61. The lowest BCUT2D eigenvalue weighted by Gasteiger charge is -2.13. The highest BCUT2D eigenvalue weighted by molar-refractivity contribution is 5.98. The molecule has 3 nitrogen and oxygen atoms in total. The van der Waals surface area contributed by atoms with Crippen molar-refractivity contribution in [1.29, 1.82) is 0 Å². The highest BCUT2D eigenvalue weighted by Gasteiger charge is 2.39. The predicted molar refractivity (Wildman–Crippen MR) is 43.2 cm³/mol. The minimum atomic E-state index is 0.0342. The van der Waals surface area contributed by atoms with Gasteiger partial charge in [0.1, 0.15) is 0 Å². The summed E-state index contributed by atoms with van der Waals surface area (Å²) in [4.78, 5) is 24.1. The molecule has 2 fully saturated rings. The molecular formula is C9H13NO2. The maximum absolute atomic E-state index is 11.4. The Hall–Kier alpha value is -0.860. The van der Waals surface area contributed by atoms with Crippen molar-refractivity contribution in [3.8, 4) is 0 Å². The van der Waals surface area contributed by atoms with Gasteiger partial charge in [-0.25, -0.2) is 0 Å². The Balaban J connectivity index is 1.92. The van der Waals surface area contributed by atoms with Crippen molar-refractivity contribution in [3.63, 3.8) is 0 Å². The van der Waals surface area contributed by atoms with Gasteiger partial charge < -0.3 is 0 Å². The van der Waals surface area contributed by atoms with E-state index in [1.807, 2.05) is 0 Å². The lowest BCUT2D eigenvalue weighted by molar-refractivity contribution is -0.144. The Kier molecular flexibility index (Phi) is 1.67. The van der Waals surface area contributed by atoms with Gasteiger partial charge >= 0.3 is 0 Å². The summed E-state index contributed by atoms with van der Waals surface area (Å²) in [6, 6.07) is 0. The average Bonchev–Trinajstić information content (AvgIpc) is 2.90. The number of nitrogens with zero attached hydrogens (tertiary/aromatic N) is 1. The number of carbonyl (C=O) groups excluding carboxylic acids is 2. The van der Waals surface area contributed by atoms with Crippen molar-refractivity contribution < 1.29 is 9.59 Å². The lowest BCUT2D eigenvalue weighted by atomic mass is 10.3. The number of hydrogen-bond acceptors (Lipinski definition) is 2. The van der Waals surface area contributed by atoms with E-state index in [9.17, 15) is 9.59 Å². The van der Waals surface area contributed by atoms with Crippen molar-refractivity contribution in [2.45, 2.75) is 25.7 Å². The molecule has 2 amide bonds. The molecule has 3 heteroatoms. The molecule has 2 aliphatic rings. The van der Waals surface area contributed by atoms with Crippen molar-refractivity contribution in [3.05, 3.63) is 0 Å². The summed E-state index contributed by atoms with van der Waals surface area (Å²) in [5.41, 5.74) is 0. The molecule has 0 N–H and O–H groups in total. The molecule has 12 heavy (non-hydrogen) atoms. The van der Waals surface area contributed by atoms with E-state index in [0.717, 1.165) is 25.7 Å². The molecule has 0 aliphatic heterocycles. The normalized spacial score (nSPS) is 22.1. The first kappa shape index (κ1) is 7.77. The molecule has 0 aromatic heterocycles. The SMILES string of the molecule is CN(C(=O)C1CC1)C(=O)C1CC1. The Morgan fingerprint density at radius 2 is 1.33 bits per heavy atom. The Bertz CT molecular complexity index is 205. The third-order valence-electron chi connectivity index (χ3n) is 2.51. The summed E-state index contributed by atoms with van der Waals surface area (Å²) in [5.74, 6) is 0.397. The van der Waals surface area contributed by atoms with Crippen LogP contribution in [0.4, 0.5) is 0 Å². The van der Waals surface area contributed by atoms with Crippen molar-refractivity contribution in [2.75, 3.05) is 7.05 Å². The molecule has 0 aromatic carbocycles. The number of carbonyl (C=O) groups is 2. The standard InChI is InChI=1S/C9H13NO2/c1-10(8(11)6-2-3-6)9(12)7-4-5-7/h6-7H,2-5H2,1H3. The maximum Gasteiger partial charge on any atom is 0.232 e. The van der Waals surface area contributed by atoms with E-state index in [0.29, 0.717) is 0 Å². The Morgan fingerprint density at radius 3 is 1.58 bits per heavy atom. The lowest BCUT2D eigenvalue weighted by Crippen LogP contribution is -2.35. The fourth-order valence-corrected chi connectivity index (χ4v) is 1.32. The van der Waals surface area contributed by atoms with Crippen molar-refractivity contribution >= 4 is 11.8 Å². The van der Waals surface area contributed by atoms with E-state index in [4.69, 9.17) is 0 Å². The average molecular weight is 167 g/mol. The maximum atomic E-state index is 11.4. The van der Waals surface area contributed by atoms with Gasteiger partial charge in [-0.15, -0.1) is 0 Å². The van der Waals surface area contributed by atoms with Crippen LogP contribution in [0.25, 0.3) is 0 Å². The van der Waals surface area contributed by atoms with E-state index >= 15 is 0 Å². The van der Waals surface area contributed by atoms with Crippen LogP contribution in [0.1, 0.15) is 25.7 Å². The zero-order chi connectivity index (χ0) is 8.72. The second-order valence-electron chi connectivity index (χ2n) is 3.78. The van der Waals surface area contributed by atoms with E-state index in [1.165, 1.54) is 4.90 Å². The van der Waals surface area contributed by atoms with Crippen LogP contribution in [-0.4, -0.2) is 23.8 Å². The third kappa shape index (κ3) is 1.36. The molecule has 0 heterocycles. The molecule has 0 spiro atoms. The molecule has 0 aromatic rings. The van der Waals surface area contributed by atoms with E-state index in [-0.39, 0.29) is 23.7 Å². The van der Waals surface area contributed by atoms with E-state index in [2.05, 4.69) is 0 Å². The summed E-state index contributed by atoms with van der Waals surface area (Å²) < 4.78 is 0. The summed E-state index contributed by atoms with van der Waals surface area (Å²) in [6.45, 7) is 0. The molecular weight excluding hydrogens is 154 g/mol. The smallest absolute Gasteiger partial charge is 0.232 e. The third-order valence-corrected chi connectivity index (χ3v) is 2.51. The molecule has 2 aliphatic carbocycles. The molecule has 0 bridgehead atoms. The number of hydrogen-bond donors (Lipinski definition) is 0. The van der Waals surface area contributed by atoms with Gasteiger partial charge in [0, 0.05) is 18.9 Å². The van der Waals surface area contributed by atoms with Crippen LogP contribution < -0.4 is 0 Å². The van der Waals surface area contributed by atoms with Crippen LogP contribution in [0.5, 0.6) is 0 Å². The summed E-state index contributed by atoms with van der Waals surface area (Å²) in [5, 5.41) is 0. The molecule has 2 saturated carbocycles. The van der Waals surface area contributed by atoms with Crippen LogP contribution >= 0.6 is 0 Å². The van der Waals surface area contributed by atoms with Crippen LogP contribution in [-0.2, 0) is 9.59 Å². The molecule has 0 saturated heterocycles. The highest BCUT2D eigenvalue weighted by Crippen LogP contribution is 2.34. The quantitative estimate of drug-likeness (QED) is 0.570. The van der Waals surface area contributed by atoms with Crippen molar-refractivity contribution in [1.82, 2.24) is 4.90 Å². The second-order valence-corrected chi connectivity index (χ2v) is 3.78. The summed E-state index contributed by atoms with van der Waals surface area (Å²) >= 11 is 0. The molecule has 0 atom stereocenters. The van der Waals surface area contributed by atoms with Gasteiger partial charge in [-0.1, -0.05) is 0 Å². The fourth-order valence-electron chi connectivity index (χ4n) is 1.32. The van der Waals surface area contributed by atoms with Crippen LogP contribution in [0, 0.1) is 11.8 Å². The first-order valence-electron chi connectivity index (χ1n) is 4.51. The molecule has 0 radical (unpaired) electrons. The van der Waals surface area contributed by atoms with Gasteiger partial charge in [-0.05, 0) is 25.7 Å². The summed E-state index contributed by atoms with van der Waals surface area (Å²) in [6.07, 6.45) is 3.89. The first-order chi connectivity index (χ1) is 5.70. The highest BCUT2D eigenvalue weighted by atomic mass is 16.2. The first-order valence-corrected chi connectivity index (χ1v) is 4.51. The van der Waals surface area contributed by atoms with Gasteiger partial charge in [0.05, 0.1) is 0 Å². The zero-order valence-electron chi connectivity index (χ0n) is 7.25. The van der Waals surface area contributed by atoms with Gasteiger partial charge in [0.2, 0.25) is 11.8 Å². The van der Waals surface area contributed by atoms with Gasteiger partial charge in [0.15, 0.2) is 0 Å². The van der Waals surface area contributed by atoms with Gasteiger partial charge in [0.25, 0.3) is 0 Å². The Morgan fingerprint density at radius 1 is 1.00 bits per heavy atom. The number of amides is 2. The largest absolute Gasteiger partial charge is 0.285 e. The fraction of sp³-hybridized carbons (Fsp3) is 0.778. The van der Waals surface area contributed by atoms with E-state index in [1.54, 1.807) is 7.05 Å². The Labute approximate surface area is 71.7 Å². The van der Waals surface area contributed by atoms with Gasteiger partial charge in [-0.2, -0.15) is 0 Å². The van der Waals surface area contributed by atoms with Crippen LogP contribution in [0.15, 0.2) is 0 Å². The van der Waals surface area contributed by atoms with Crippen LogP contribution in [0.3, 0.4) is 0 Å². The number of imide groups is 1. The molecule has 66 valence electrons. The van der Waals surface area contributed by atoms with Gasteiger partial charge in [-0.3, -0.25) is 14.5 Å².